The molecule has 1 fully saturated rings. The van der Waals surface area contributed by atoms with Gasteiger partial charge in [-0.25, -0.2) is 4.98 Å². The molecule has 3 heterocycles. The van der Waals surface area contributed by atoms with E-state index in [4.69, 9.17) is 0 Å². The number of carbonyl (C=O) groups is 1. The number of hydrogen-bond acceptors (Lipinski definition) is 5. The van der Waals surface area contributed by atoms with E-state index in [0.717, 1.165) is 42.3 Å². The number of aromatic nitrogens is 3. The fraction of sp³-hybridized carbons (Fsp3) is 0.550. The summed E-state index contributed by atoms with van der Waals surface area (Å²) in [6.45, 7) is 8.21. The monoisotopic (exact) mass is 424 g/mol. The summed E-state index contributed by atoms with van der Waals surface area (Å²) < 4.78 is 40.0. The third-order valence-electron chi connectivity index (χ3n) is 5.61. The van der Waals surface area contributed by atoms with Gasteiger partial charge in [0, 0.05) is 39.4 Å². The first kappa shape index (κ1) is 22.1. The third kappa shape index (κ3) is 4.75. The highest BCUT2D eigenvalue weighted by Crippen LogP contribution is 2.29. The molecule has 0 radical (unpaired) electrons. The van der Waals surface area contributed by atoms with E-state index >= 15 is 0 Å². The maximum atomic E-state index is 12.8. The average molecular weight is 424 g/mol. The lowest BCUT2D eigenvalue weighted by molar-refractivity contribution is -0.137. The summed E-state index contributed by atoms with van der Waals surface area (Å²) in [4.78, 5) is 20.8. The first-order valence-electron chi connectivity index (χ1n) is 9.91. The lowest BCUT2D eigenvalue weighted by Crippen LogP contribution is -2.44. The molecule has 30 heavy (non-hydrogen) atoms. The summed E-state index contributed by atoms with van der Waals surface area (Å²) in [5, 5.41) is 7.30. The van der Waals surface area contributed by atoms with Crippen molar-refractivity contribution in [2.75, 3.05) is 36.4 Å². The van der Waals surface area contributed by atoms with Gasteiger partial charge in [-0.15, -0.1) is 0 Å². The molecule has 1 atom stereocenters. The van der Waals surface area contributed by atoms with Crippen LogP contribution in [0.25, 0.3) is 0 Å². The van der Waals surface area contributed by atoms with Crippen LogP contribution >= 0.6 is 0 Å². The van der Waals surface area contributed by atoms with Crippen LogP contribution in [0.2, 0.25) is 0 Å². The Morgan fingerprint density at radius 2 is 1.90 bits per heavy atom. The molecular weight excluding hydrogens is 397 g/mol. The van der Waals surface area contributed by atoms with E-state index in [1.807, 2.05) is 32.7 Å². The van der Waals surface area contributed by atoms with Gasteiger partial charge >= 0.3 is 6.18 Å². The minimum Gasteiger partial charge on any atom is -0.355 e. The Labute approximate surface area is 173 Å². The van der Waals surface area contributed by atoms with E-state index in [1.165, 1.54) is 6.07 Å². The van der Waals surface area contributed by atoms with Crippen LogP contribution in [0.1, 0.15) is 30.3 Å². The van der Waals surface area contributed by atoms with Gasteiger partial charge in [0.05, 0.1) is 28.7 Å². The number of hydrogen-bond donors (Lipinski definition) is 1. The first-order chi connectivity index (χ1) is 14.1. The SMILES string of the molecule is Cc1nn(C)c(C)c1NC(=O)C(C)N1CCCN(c2ccc(C(F)(F)F)cn2)CC1. The summed E-state index contributed by atoms with van der Waals surface area (Å²) in [7, 11) is 1.83. The molecule has 7 nitrogen and oxygen atoms in total. The Morgan fingerprint density at radius 1 is 1.17 bits per heavy atom. The lowest BCUT2D eigenvalue weighted by Gasteiger charge is -2.27. The van der Waals surface area contributed by atoms with E-state index in [0.29, 0.717) is 25.5 Å². The molecule has 1 saturated heterocycles. The van der Waals surface area contributed by atoms with Crippen molar-refractivity contribution in [2.24, 2.45) is 7.05 Å². The maximum Gasteiger partial charge on any atom is 0.417 e. The topological polar surface area (TPSA) is 66.3 Å². The second kappa shape index (κ2) is 8.63. The summed E-state index contributed by atoms with van der Waals surface area (Å²) in [6.07, 6.45) is -2.74. The molecule has 0 aliphatic carbocycles. The average Bonchev–Trinajstić information content (AvgIpc) is 2.88. The fourth-order valence-electron chi connectivity index (χ4n) is 3.64. The smallest absolute Gasteiger partial charge is 0.355 e. The molecule has 1 aliphatic heterocycles. The van der Waals surface area contributed by atoms with Crippen LogP contribution in [0.5, 0.6) is 0 Å². The number of carbonyl (C=O) groups excluding carboxylic acids is 1. The van der Waals surface area contributed by atoms with Crippen LogP contribution in [-0.2, 0) is 18.0 Å². The van der Waals surface area contributed by atoms with Crippen molar-refractivity contribution in [1.82, 2.24) is 19.7 Å². The summed E-state index contributed by atoms with van der Waals surface area (Å²) in [5.74, 6) is 0.416. The van der Waals surface area contributed by atoms with Gasteiger partial charge < -0.3 is 10.2 Å². The molecule has 164 valence electrons. The minimum absolute atomic E-state index is 0.102. The highest BCUT2D eigenvalue weighted by atomic mass is 19.4. The third-order valence-corrected chi connectivity index (χ3v) is 5.61. The van der Waals surface area contributed by atoms with Crippen molar-refractivity contribution in [3.05, 3.63) is 35.3 Å². The number of alkyl halides is 3. The molecular formula is C20H27F3N6O. The van der Waals surface area contributed by atoms with Crippen LogP contribution in [0.4, 0.5) is 24.7 Å². The van der Waals surface area contributed by atoms with Gasteiger partial charge in [-0.05, 0) is 39.3 Å². The second-order valence-corrected chi connectivity index (χ2v) is 7.61. The zero-order valence-electron chi connectivity index (χ0n) is 17.6. The molecule has 2 aromatic rings. The molecule has 10 heteroatoms. The zero-order valence-corrected chi connectivity index (χ0v) is 17.6. The van der Waals surface area contributed by atoms with Crippen LogP contribution in [0.3, 0.4) is 0 Å². The van der Waals surface area contributed by atoms with Gasteiger partial charge in [0.15, 0.2) is 0 Å². The molecule has 0 saturated carbocycles. The van der Waals surface area contributed by atoms with E-state index in [2.05, 4.69) is 20.3 Å². The molecule has 1 amide bonds. The van der Waals surface area contributed by atoms with Crippen molar-refractivity contribution in [3.8, 4) is 0 Å². The Morgan fingerprint density at radius 3 is 2.47 bits per heavy atom. The molecule has 0 bridgehead atoms. The Hall–Kier alpha value is -2.62. The van der Waals surface area contributed by atoms with Gasteiger partial charge in [-0.1, -0.05) is 0 Å². The number of rotatable bonds is 4. The van der Waals surface area contributed by atoms with Gasteiger partial charge in [-0.2, -0.15) is 18.3 Å². The highest BCUT2D eigenvalue weighted by molar-refractivity contribution is 5.95. The normalized spacial score (nSPS) is 17.0. The zero-order chi connectivity index (χ0) is 22.1. The molecule has 3 rings (SSSR count). The Bertz CT molecular complexity index is 893. The van der Waals surface area contributed by atoms with Crippen molar-refractivity contribution in [3.63, 3.8) is 0 Å². The van der Waals surface area contributed by atoms with Crippen molar-refractivity contribution < 1.29 is 18.0 Å². The fourth-order valence-corrected chi connectivity index (χ4v) is 3.64. The van der Waals surface area contributed by atoms with Gasteiger partial charge in [-0.3, -0.25) is 14.4 Å². The maximum absolute atomic E-state index is 12.8. The number of nitrogens with zero attached hydrogens (tertiary/aromatic N) is 5. The number of pyridine rings is 1. The Balaban J connectivity index is 1.62. The second-order valence-electron chi connectivity index (χ2n) is 7.61. The largest absolute Gasteiger partial charge is 0.417 e. The molecule has 1 aliphatic rings. The van der Waals surface area contributed by atoms with E-state index in [9.17, 15) is 18.0 Å². The first-order valence-corrected chi connectivity index (χ1v) is 9.91. The molecule has 0 aromatic carbocycles. The number of nitrogens with one attached hydrogen (secondary N) is 1. The summed E-state index contributed by atoms with van der Waals surface area (Å²) in [5.41, 5.74) is 1.64. The highest BCUT2D eigenvalue weighted by Gasteiger charge is 2.31. The molecule has 1 N–H and O–H groups in total. The Kier molecular flexibility index (Phi) is 6.35. The van der Waals surface area contributed by atoms with Crippen molar-refractivity contribution in [1.29, 1.82) is 0 Å². The predicted octanol–water partition coefficient (Wildman–Crippen LogP) is 2.99. The van der Waals surface area contributed by atoms with Crippen LogP contribution in [-0.4, -0.2) is 57.8 Å². The molecule has 1 unspecified atom stereocenters. The number of amides is 1. The summed E-state index contributed by atoms with van der Waals surface area (Å²) in [6, 6.07) is 2.12. The number of halogens is 3. The quantitative estimate of drug-likeness (QED) is 0.818. The van der Waals surface area contributed by atoms with Crippen LogP contribution in [0.15, 0.2) is 18.3 Å². The predicted molar refractivity (Wildman–Crippen MR) is 108 cm³/mol. The van der Waals surface area contributed by atoms with Gasteiger partial charge in [0.1, 0.15) is 5.82 Å². The van der Waals surface area contributed by atoms with Gasteiger partial charge in [0.2, 0.25) is 5.91 Å². The van der Waals surface area contributed by atoms with E-state index in [-0.39, 0.29) is 11.9 Å². The summed E-state index contributed by atoms with van der Waals surface area (Å²) >= 11 is 0. The van der Waals surface area contributed by atoms with Crippen LogP contribution in [0, 0.1) is 13.8 Å². The van der Waals surface area contributed by atoms with Crippen molar-refractivity contribution in [2.45, 2.75) is 39.4 Å². The minimum atomic E-state index is -4.39. The molecule has 2 aromatic heterocycles. The van der Waals surface area contributed by atoms with E-state index < -0.39 is 11.7 Å². The lowest BCUT2D eigenvalue weighted by atomic mass is 10.2. The number of aryl methyl sites for hydroxylation is 2. The van der Waals surface area contributed by atoms with E-state index in [1.54, 1.807) is 4.68 Å². The number of anilines is 2. The van der Waals surface area contributed by atoms with Crippen molar-refractivity contribution >= 4 is 17.4 Å². The van der Waals surface area contributed by atoms with Gasteiger partial charge in [0.25, 0.3) is 0 Å². The molecule has 0 spiro atoms. The standard InChI is InChI=1S/C20H27F3N6O/c1-13-18(14(2)27(4)26-13)25-19(30)15(3)28-8-5-9-29(11-10-28)17-7-6-16(12-24-17)20(21,22)23/h6-7,12,15H,5,8-11H2,1-4H3,(H,25,30). The van der Waals surface area contributed by atoms with Crippen LogP contribution < -0.4 is 10.2 Å².